The second-order valence-electron chi connectivity index (χ2n) is 5.22. The predicted octanol–water partition coefficient (Wildman–Crippen LogP) is 4.05. The zero-order valence-electron chi connectivity index (χ0n) is 12.9. The molecule has 2 amide bonds. The Kier molecular flexibility index (Phi) is 4.90. The highest BCUT2D eigenvalue weighted by atomic mass is 32.2. The Morgan fingerprint density at radius 3 is 2.20 bits per heavy atom. The summed E-state index contributed by atoms with van der Waals surface area (Å²) < 4.78 is 12.9. The Hall–Kier alpha value is -2.99. The minimum atomic E-state index is -0.399. The first-order chi connectivity index (χ1) is 12.0. The van der Waals surface area contributed by atoms with Gasteiger partial charge in [-0.2, -0.15) is 0 Å². The van der Waals surface area contributed by atoms with Crippen molar-refractivity contribution in [2.45, 2.75) is 0 Å². The summed E-state index contributed by atoms with van der Waals surface area (Å²) in [7, 11) is 0. The summed E-state index contributed by atoms with van der Waals surface area (Å²) in [5, 5.41) is 1.82. The third-order valence-corrected chi connectivity index (χ3v) is 4.24. The van der Waals surface area contributed by atoms with Gasteiger partial charge < -0.3 is 0 Å². The molecular weight excluding hydrogens is 341 g/mol. The Morgan fingerprint density at radius 1 is 0.960 bits per heavy atom. The van der Waals surface area contributed by atoms with Crippen molar-refractivity contribution in [2.24, 2.45) is 0 Å². The van der Waals surface area contributed by atoms with Gasteiger partial charge in [0.05, 0.1) is 4.91 Å². The molecule has 0 atom stereocenters. The molecule has 1 aliphatic heterocycles. The average molecular weight is 353 g/mol. The number of benzene rings is 2. The lowest BCUT2D eigenvalue weighted by atomic mass is 10.1. The van der Waals surface area contributed by atoms with Crippen LogP contribution in [0.4, 0.5) is 9.18 Å². The summed E-state index contributed by atoms with van der Waals surface area (Å²) in [6.07, 6.45) is 4.70. The predicted molar refractivity (Wildman–Crippen MR) is 95.3 cm³/mol. The molecular formula is C19H12FNO3S. The first-order valence-corrected chi connectivity index (χ1v) is 8.16. The number of halogens is 1. The van der Waals surface area contributed by atoms with Crippen LogP contribution >= 0.6 is 11.8 Å². The molecule has 3 rings (SSSR count). The Bertz CT molecular complexity index is 899. The van der Waals surface area contributed by atoms with E-state index in [1.165, 1.54) is 30.3 Å². The molecule has 2 aromatic rings. The van der Waals surface area contributed by atoms with Crippen LogP contribution in [0.15, 0.2) is 59.5 Å². The minimum absolute atomic E-state index is 0.219. The highest BCUT2D eigenvalue weighted by Crippen LogP contribution is 2.25. The van der Waals surface area contributed by atoms with E-state index in [0.717, 1.165) is 22.9 Å². The SMILES string of the molecule is O=C1NC(=O)/C(=C/c2ccc(/C=C/C(=O)c3ccc(F)cc3)cc2)S1. The summed E-state index contributed by atoms with van der Waals surface area (Å²) in [4.78, 5) is 35.0. The van der Waals surface area contributed by atoms with Gasteiger partial charge in [0.25, 0.3) is 11.1 Å². The van der Waals surface area contributed by atoms with Crippen LogP contribution in [0.2, 0.25) is 0 Å². The van der Waals surface area contributed by atoms with Gasteiger partial charge in [-0.1, -0.05) is 30.3 Å². The van der Waals surface area contributed by atoms with E-state index in [4.69, 9.17) is 0 Å². The second-order valence-corrected chi connectivity index (χ2v) is 6.24. The van der Waals surface area contributed by atoms with Crippen LogP contribution in [0.5, 0.6) is 0 Å². The summed E-state index contributed by atoms with van der Waals surface area (Å²) in [5.41, 5.74) is 1.99. The molecule has 1 saturated heterocycles. The fourth-order valence-corrected chi connectivity index (χ4v) is 2.84. The normalized spacial score (nSPS) is 15.8. The molecule has 25 heavy (non-hydrogen) atoms. The van der Waals surface area contributed by atoms with E-state index in [2.05, 4.69) is 5.32 Å². The standard InChI is InChI=1S/C19H12FNO3S/c20-15-8-6-14(7-9-15)16(22)10-5-12-1-3-13(4-2-12)11-17-18(23)21-19(24)25-17/h1-11H,(H,21,23,24)/b10-5+,17-11-. The van der Waals surface area contributed by atoms with Gasteiger partial charge in [0, 0.05) is 5.56 Å². The van der Waals surface area contributed by atoms with E-state index in [1.54, 1.807) is 36.4 Å². The topological polar surface area (TPSA) is 63.2 Å². The van der Waals surface area contributed by atoms with Crippen LogP contribution in [-0.4, -0.2) is 16.9 Å². The van der Waals surface area contributed by atoms with E-state index >= 15 is 0 Å². The van der Waals surface area contributed by atoms with E-state index < -0.39 is 5.91 Å². The van der Waals surface area contributed by atoms with E-state index in [9.17, 15) is 18.8 Å². The Balaban J connectivity index is 1.69. The van der Waals surface area contributed by atoms with Crippen molar-refractivity contribution < 1.29 is 18.8 Å². The zero-order valence-corrected chi connectivity index (χ0v) is 13.7. The molecule has 0 aromatic heterocycles. The molecule has 1 N–H and O–H groups in total. The van der Waals surface area contributed by atoms with E-state index in [-0.39, 0.29) is 16.8 Å². The summed E-state index contributed by atoms with van der Waals surface area (Å²) in [5.74, 6) is -1.01. The van der Waals surface area contributed by atoms with Crippen LogP contribution < -0.4 is 5.32 Å². The van der Waals surface area contributed by atoms with Crippen LogP contribution in [0.3, 0.4) is 0 Å². The van der Waals surface area contributed by atoms with Crippen molar-refractivity contribution in [3.05, 3.63) is 82.0 Å². The summed E-state index contributed by atoms with van der Waals surface area (Å²) in [6.45, 7) is 0. The van der Waals surface area contributed by atoms with Crippen molar-refractivity contribution in [1.82, 2.24) is 5.32 Å². The molecule has 0 radical (unpaired) electrons. The maximum absolute atomic E-state index is 12.9. The van der Waals surface area contributed by atoms with Gasteiger partial charge in [0.2, 0.25) is 0 Å². The molecule has 124 valence electrons. The fraction of sp³-hybridized carbons (Fsp3) is 0. The first kappa shape index (κ1) is 16.9. The molecule has 0 saturated carbocycles. The van der Waals surface area contributed by atoms with Gasteiger partial charge in [-0.05, 0) is 59.3 Å². The molecule has 2 aromatic carbocycles. The maximum atomic E-state index is 12.9. The van der Waals surface area contributed by atoms with Crippen LogP contribution in [0.25, 0.3) is 12.2 Å². The van der Waals surface area contributed by atoms with Crippen molar-refractivity contribution >= 4 is 40.8 Å². The number of ketones is 1. The van der Waals surface area contributed by atoms with Gasteiger partial charge in [-0.15, -0.1) is 0 Å². The number of allylic oxidation sites excluding steroid dienone is 1. The molecule has 0 spiro atoms. The summed E-state index contributed by atoms with van der Waals surface area (Å²) in [6, 6.07) is 12.5. The third kappa shape index (κ3) is 4.30. The van der Waals surface area contributed by atoms with E-state index in [0.29, 0.717) is 10.5 Å². The lowest BCUT2D eigenvalue weighted by molar-refractivity contribution is -0.115. The molecule has 1 heterocycles. The number of rotatable bonds is 4. The van der Waals surface area contributed by atoms with Gasteiger partial charge in [0.15, 0.2) is 5.78 Å². The zero-order chi connectivity index (χ0) is 17.8. The average Bonchev–Trinajstić information content (AvgIpc) is 2.92. The third-order valence-electron chi connectivity index (χ3n) is 3.43. The largest absolute Gasteiger partial charge is 0.290 e. The second kappa shape index (κ2) is 7.27. The van der Waals surface area contributed by atoms with Gasteiger partial charge in [-0.3, -0.25) is 19.7 Å². The van der Waals surface area contributed by atoms with Crippen molar-refractivity contribution in [2.75, 3.05) is 0 Å². The van der Waals surface area contributed by atoms with Gasteiger partial charge in [0.1, 0.15) is 5.82 Å². The number of amides is 2. The number of hydrogen-bond acceptors (Lipinski definition) is 4. The van der Waals surface area contributed by atoms with Crippen LogP contribution in [0, 0.1) is 5.82 Å². The number of carbonyl (C=O) groups excluding carboxylic acids is 3. The lowest BCUT2D eigenvalue weighted by Gasteiger charge is -1.98. The minimum Gasteiger partial charge on any atom is -0.289 e. The highest BCUT2D eigenvalue weighted by Gasteiger charge is 2.24. The van der Waals surface area contributed by atoms with Crippen molar-refractivity contribution in [3.63, 3.8) is 0 Å². The van der Waals surface area contributed by atoms with E-state index in [1.807, 2.05) is 0 Å². The number of nitrogens with one attached hydrogen (secondary N) is 1. The number of carbonyl (C=O) groups is 3. The van der Waals surface area contributed by atoms with Crippen LogP contribution in [0.1, 0.15) is 21.5 Å². The Labute approximate surface area is 147 Å². The Morgan fingerprint density at radius 2 is 1.60 bits per heavy atom. The molecule has 1 aliphatic rings. The number of imide groups is 1. The number of thioether (sulfide) groups is 1. The maximum Gasteiger partial charge on any atom is 0.290 e. The van der Waals surface area contributed by atoms with Gasteiger partial charge >= 0.3 is 0 Å². The van der Waals surface area contributed by atoms with Crippen LogP contribution in [-0.2, 0) is 4.79 Å². The summed E-state index contributed by atoms with van der Waals surface area (Å²) >= 11 is 0.862. The molecule has 0 unspecified atom stereocenters. The smallest absolute Gasteiger partial charge is 0.289 e. The lowest BCUT2D eigenvalue weighted by Crippen LogP contribution is -2.17. The van der Waals surface area contributed by atoms with Crippen molar-refractivity contribution in [3.8, 4) is 0 Å². The number of hydrogen-bond donors (Lipinski definition) is 1. The quantitative estimate of drug-likeness (QED) is 0.665. The first-order valence-electron chi connectivity index (χ1n) is 7.34. The fourth-order valence-electron chi connectivity index (χ4n) is 2.16. The van der Waals surface area contributed by atoms with Gasteiger partial charge in [-0.25, -0.2) is 4.39 Å². The molecule has 0 bridgehead atoms. The molecule has 6 heteroatoms. The highest BCUT2D eigenvalue weighted by molar-refractivity contribution is 8.18. The monoisotopic (exact) mass is 353 g/mol. The molecule has 0 aliphatic carbocycles. The van der Waals surface area contributed by atoms with Crippen molar-refractivity contribution in [1.29, 1.82) is 0 Å². The molecule has 4 nitrogen and oxygen atoms in total. The molecule has 1 fully saturated rings.